The summed E-state index contributed by atoms with van der Waals surface area (Å²) in [6, 6.07) is 0. The Balaban J connectivity index is 2.92. The Morgan fingerprint density at radius 3 is 2.24 bits per heavy atom. The van der Waals surface area contributed by atoms with Crippen LogP contribution in [0.3, 0.4) is 0 Å². The number of hydrogen-bond acceptors (Lipinski definition) is 1. The summed E-state index contributed by atoms with van der Waals surface area (Å²) in [5.41, 5.74) is 4.87. The second-order valence-electron chi connectivity index (χ2n) is 6.47. The molecule has 0 saturated heterocycles. The highest BCUT2D eigenvalue weighted by Crippen LogP contribution is 2.23. The van der Waals surface area contributed by atoms with Gasteiger partial charge in [-0.1, -0.05) is 41.5 Å². The third kappa shape index (κ3) is 6.75. The molecule has 0 saturated carbocycles. The molecular formula is C20H30O. The molecule has 0 aliphatic heterocycles. The summed E-state index contributed by atoms with van der Waals surface area (Å²) in [5.74, 6) is 0.545. The molecule has 0 N–H and O–H groups in total. The summed E-state index contributed by atoms with van der Waals surface area (Å²) in [6.07, 6.45) is 12.5. The van der Waals surface area contributed by atoms with Gasteiger partial charge in [-0.05, 0) is 71.3 Å². The molecular weight excluding hydrogens is 256 g/mol. The minimum Gasteiger partial charge on any atom is -0.295 e. The van der Waals surface area contributed by atoms with Crippen molar-refractivity contribution in [3.8, 4) is 0 Å². The number of carbonyl (C=O) groups is 1. The molecule has 1 nitrogen and oxygen atoms in total. The van der Waals surface area contributed by atoms with Crippen LogP contribution < -0.4 is 0 Å². The van der Waals surface area contributed by atoms with E-state index in [0.29, 0.717) is 6.42 Å². The van der Waals surface area contributed by atoms with E-state index in [2.05, 4.69) is 38.7 Å². The molecule has 1 unspecified atom stereocenters. The topological polar surface area (TPSA) is 17.1 Å². The van der Waals surface area contributed by atoms with Crippen molar-refractivity contribution in [1.29, 1.82) is 0 Å². The second-order valence-corrected chi connectivity index (χ2v) is 6.47. The molecule has 0 heterocycles. The van der Waals surface area contributed by atoms with E-state index in [1.165, 1.54) is 11.1 Å². The van der Waals surface area contributed by atoms with Crippen LogP contribution in [-0.2, 0) is 4.79 Å². The van der Waals surface area contributed by atoms with Crippen LogP contribution in [0.5, 0.6) is 0 Å². The van der Waals surface area contributed by atoms with Crippen LogP contribution in [0.4, 0.5) is 0 Å². The van der Waals surface area contributed by atoms with Crippen molar-refractivity contribution in [3.05, 3.63) is 47.1 Å². The molecule has 0 aromatic carbocycles. The van der Waals surface area contributed by atoms with E-state index in [1.807, 2.05) is 13.8 Å². The van der Waals surface area contributed by atoms with Crippen LogP contribution in [0.15, 0.2) is 47.1 Å². The first-order valence-electron chi connectivity index (χ1n) is 8.06. The van der Waals surface area contributed by atoms with Gasteiger partial charge in [0.15, 0.2) is 5.78 Å². The molecule has 0 spiro atoms. The van der Waals surface area contributed by atoms with Crippen molar-refractivity contribution in [2.75, 3.05) is 0 Å². The number of carbonyl (C=O) groups excluding carboxylic acids is 1. The highest BCUT2D eigenvalue weighted by Gasteiger charge is 2.15. The number of allylic oxidation sites excluding steroid dienone is 7. The van der Waals surface area contributed by atoms with Crippen LogP contribution in [0.25, 0.3) is 0 Å². The predicted molar refractivity (Wildman–Crippen MR) is 92.3 cm³/mol. The molecule has 1 heteroatoms. The van der Waals surface area contributed by atoms with Crippen LogP contribution in [-0.4, -0.2) is 5.78 Å². The summed E-state index contributed by atoms with van der Waals surface area (Å²) in [7, 11) is 0. The Morgan fingerprint density at radius 2 is 1.62 bits per heavy atom. The summed E-state index contributed by atoms with van der Waals surface area (Å²) in [6.45, 7) is 12.4. The highest BCUT2D eigenvalue weighted by molar-refractivity contribution is 5.95. The van der Waals surface area contributed by atoms with Gasteiger partial charge in [0.25, 0.3) is 0 Å². The van der Waals surface area contributed by atoms with Gasteiger partial charge in [-0.2, -0.15) is 0 Å². The SMILES string of the molecule is C=C(C)C1C/C=C(\C)CC/C=C(\C)CC/C=C(/C)C(=O)C1. The van der Waals surface area contributed by atoms with Crippen molar-refractivity contribution in [2.24, 2.45) is 5.92 Å². The van der Waals surface area contributed by atoms with Crippen LogP contribution in [0.1, 0.15) is 66.2 Å². The maximum atomic E-state index is 12.3. The zero-order valence-corrected chi connectivity index (χ0v) is 14.2. The maximum Gasteiger partial charge on any atom is 0.158 e. The Morgan fingerprint density at radius 1 is 1.05 bits per heavy atom. The Labute approximate surface area is 130 Å². The summed E-state index contributed by atoms with van der Waals surface area (Å²) in [4.78, 5) is 12.3. The van der Waals surface area contributed by atoms with Crippen molar-refractivity contribution in [1.82, 2.24) is 0 Å². The first kappa shape index (κ1) is 17.7. The van der Waals surface area contributed by atoms with Crippen molar-refractivity contribution < 1.29 is 4.79 Å². The van der Waals surface area contributed by atoms with E-state index in [1.54, 1.807) is 0 Å². The van der Waals surface area contributed by atoms with E-state index in [9.17, 15) is 4.79 Å². The lowest BCUT2D eigenvalue weighted by atomic mass is 9.89. The van der Waals surface area contributed by atoms with Crippen LogP contribution >= 0.6 is 0 Å². The van der Waals surface area contributed by atoms with E-state index in [4.69, 9.17) is 0 Å². The highest BCUT2D eigenvalue weighted by atomic mass is 16.1. The maximum absolute atomic E-state index is 12.3. The lowest BCUT2D eigenvalue weighted by molar-refractivity contribution is -0.116. The number of Topliss-reactive ketones (excluding diaryl/α,β-unsaturated/α-hetero) is 1. The summed E-state index contributed by atoms with van der Waals surface area (Å²) < 4.78 is 0. The predicted octanol–water partition coefficient (Wildman–Crippen LogP) is 5.94. The first-order chi connectivity index (χ1) is 9.90. The fourth-order valence-corrected chi connectivity index (χ4v) is 2.57. The van der Waals surface area contributed by atoms with Crippen molar-refractivity contribution >= 4 is 5.78 Å². The minimum atomic E-state index is 0.271. The number of rotatable bonds is 1. The van der Waals surface area contributed by atoms with Gasteiger partial charge in [0, 0.05) is 6.42 Å². The molecule has 0 bridgehead atoms. The smallest absolute Gasteiger partial charge is 0.158 e. The zero-order valence-electron chi connectivity index (χ0n) is 14.2. The summed E-state index contributed by atoms with van der Waals surface area (Å²) >= 11 is 0. The second kappa shape index (κ2) is 8.81. The van der Waals surface area contributed by atoms with Crippen LogP contribution in [0, 0.1) is 5.92 Å². The third-order valence-electron chi connectivity index (χ3n) is 4.34. The molecule has 1 aliphatic rings. The van der Waals surface area contributed by atoms with Gasteiger partial charge in [-0.3, -0.25) is 4.79 Å². The Hall–Kier alpha value is -1.37. The van der Waals surface area contributed by atoms with Crippen molar-refractivity contribution in [2.45, 2.75) is 66.2 Å². The number of ketones is 1. The lowest BCUT2D eigenvalue weighted by Gasteiger charge is -2.15. The van der Waals surface area contributed by atoms with Crippen molar-refractivity contribution in [3.63, 3.8) is 0 Å². The zero-order chi connectivity index (χ0) is 15.8. The van der Waals surface area contributed by atoms with E-state index in [0.717, 1.165) is 43.3 Å². The third-order valence-corrected chi connectivity index (χ3v) is 4.34. The molecule has 1 rings (SSSR count). The van der Waals surface area contributed by atoms with Gasteiger partial charge in [-0.25, -0.2) is 0 Å². The molecule has 0 fully saturated rings. The summed E-state index contributed by atoms with van der Waals surface area (Å²) in [5, 5.41) is 0. The largest absolute Gasteiger partial charge is 0.295 e. The lowest BCUT2D eigenvalue weighted by Crippen LogP contribution is -2.10. The van der Waals surface area contributed by atoms with Gasteiger partial charge in [-0.15, -0.1) is 0 Å². The molecule has 0 radical (unpaired) electrons. The molecule has 1 atom stereocenters. The van der Waals surface area contributed by atoms with E-state index >= 15 is 0 Å². The quantitative estimate of drug-likeness (QED) is 0.545. The average molecular weight is 286 g/mol. The van der Waals surface area contributed by atoms with Gasteiger partial charge >= 0.3 is 0 Å². The first-order valence-corrected chi connectivity index (χ1v) is 8.06. The molecule has 21 heavy (non-hydrogen) atoms. The minimum absolute atomic E-state index is 0.271. The van der Waals surface area contributed by atoms with Gasteiger partial charge < -0.3 is 0 Å². The van der Waals surface area contributed by atoms with E-state index in [-0.39, 0.29) is 11.7 Å². The molecule has 116 valence electrons. The number of hydrogen-bond donors (Lipinski definition) is 0. The molecule has 0 amide bonds. The van der Waals surface area contributed by atoms with E-state index < -0.39 is 0 Å². The fourth-order valence-electron chi connectivity index (χ4n) is 2.57. The Kier molecular flexibility index (Phi) is 7.42. The fraction of sp³-hybridized carbons (Fsp3) is 0.550. The molecule has 1 aliphatic carbocycles. The Bertz CT molecular complexity index is 474. The standard InChI is InChI=1S/C20H30O/c1-15(2)19-13-12-17(4)9-6-8-16(3)10-7-11-18(5)20(21)14-19/h8,11-12,19H,1,6-7,9-10,13-14H2,2-5H3/b16-8+,17-12+,18-11-. The molecule has 0 aromatic heterocycles. The van der Waals surface area contributed by atoms with Gasteiger partial charge in [0.1, 0.15) is 0 Å². The average Bonchev–Trinajstić information content (AvgIpc) is 2.41. The molecule has 0 aromatic rings. The van der Waals surface area contributed by atoms with Gasteiger partial charge in [0.2, 0.25) is 0 Å². The monoisotopic (exact) mass is 286 g/mol. The van der Waals surface area contributed by atoms with Crippen LogP contribution in [0.2, 0.25) is 0 Å². The van der Waals surface area contributed by atoms with Gasteiger partial charge in [0.05, 0.1) is 0 Å². The normalized spacial score (nSPS) is 30.2.